The van der Waals surface area contributed by atoms with Gasteiger partial charge in [0.2, 0.25) is 5.91 Å². The fourth-order valence-electron chi connectivity index (χ4n) is 3.16. The van der Waals surface area contributed by atoms with Gasteiger partial charge in [0.15, 0.2) is 0 Å². The number of piperidine rings is 1. The van der Waals surface area contributed by atoms with Crippen molar-refractivity contribution >= 4 is 17.9 Å². The molecule has 0 aromatic rings. The number of carboxylic acids is 1. The van der Waals surface area contributed by atoms with Crippen LogP contribution in [0.25, 0.3) is 0 Å². The predicted octanol–water partition coefficient (Wildman–Crippen LogP) is 0.241. The molecule has 3 amide bonds. The number of aliphatic carboxylic acids is 1. The third-order valence-corrected chi connectivity index (χ3v) is 4.28. The predicted molar refractivity (Wildman–Crippen MR) is 70.8 cm³/mol. The second kappa shape index (κ2) is 5.68. The Morgan fingerprint density at radius 1 is 1.10 bits per heavy atom. The molecular formula is C13H21N3O4. The van der Waals surface area contributed by atoms with Crippen LogP contribution in [0, 0.1) is 5.92 Å². The molecule has 0 aromatic carbocycles. The lowest BCUT2D eigenvalue weighted by atomic mass is 10.0. The molecule has 2 fully saturated rings. The van der Waals surface area contributed by atoms with Gasteiger partial charge in [-0.1, -0.05) is 6.92 Å². The number of nitrogens with zero attached hydrogens (tertiary/aromatic N) is 2. The van der Waals surface area contributed by atoms with Crippen molar-refractivity contribution in [2.45, 2.75) is 44.7 Å². The van der Waals surface area contributed by atoms with Gasteiger partial charge in [-0.2, -0.15) is 0 Å². The van der Waals surface area contributed by atoms with Gasteiger partial charge in [0.1, 0.15) is 12.1 Å². The SMILES string of the molecule is CC1CCN(C(=O)N2CCCCC2C(N)=O)C1C(=O)O. The first-order chi connectivity index (χ1) is 9.43. The number of amides is 3. The summed E-state index contributed by atoms with van der Waals surface area (Å²) in [7, 11) is 0. The maximum absolute atomic E-state index is 12.6. The molecule has 3 unspecified atom stereocenters. The minimum absolute atomic E-state index is 0.0757. The first kappa shape index (κ1) is 14.6. The highest BCUT2D eigenvalue weighted by Gasteiger charge is 2.43. The average molecular weight is 283 g/mol. The number of carbonyl (C=O) groups is 3. The fourth-order valence-corrected chi connectivity index (χ4v) is 3.16. The summed E-state index contributed by atoms with van der Waals surface area (Å²) in [6, 6.07) is -1.79. The Hall–Kier alpha value is -1.79. The largest absolute Gasteiger partial charge is 0.480 e. The number of rotatable bonds is 2. The summed E-state index contributed by atoms with van der Waals surface area (Å²) in [6.45, 7) is 2.70. The first-order valence-corrected chi connectivity index (χ1v) is 7.03. The Balaban J connectivity index is 2.17. The molecule has 2 aliphatic rings. The molecular weight excluding hydrogens is 262 g/mol. The summed E-state index contributed by atoms with van der Waals surface area (Å²) in [4.78, 5) is 38.1. The van der Waals surface area contributed by atoms with E-state index >= 15 is 0 Å². The van der Waals surface area contributed by atoms with Gasteiger partial charge < -0.3 is 20.6 Å². The highest BCUT2D eigenvalue weighted by Crippen LogP contribution is 2.27. The molecule has 0 bridgehead atoms. The van der Waals surface area contributed by atoms with Crippen molar-refractivity contribution in [3.05, 3.63) is 0 Å². The highest BCUT2D eigenvalue weighted by molar-refractivity contribution is 5.88. The van der Waals surface area contributed by atoms with Crippen LogP contribution in [-0.2, 0) is 9.59 Å². The van der Waals surface area contributed by atoms with Gasteiger partial charge in [-0.3, -0.25) is 4.79 Å². The van der Waals surface area contributed by atoms with E-state index in [9.17, 15) is 19.5 Å². The smallest absolute Gasteiger partial charge is 0.326 e. The molecule has 2 heterocycles. The molecule has 2 rings (SSSR count). The van der Waals surface area contributed by atoms with Crippen LogP contribution in [-0.4, -0.2) is 58.0 Å². The van der Waals surface area contributed by atoms with Crippen molar-refractivity contribution in [2.24, 2.45) is 11.7 Å². The number of primary amides is 1. The van der Waals surface area contributed by atoms with Crippen LogP contribution < -0.4 is 5.73 Å². The molecule has 112 valence electrons. The molecule has 2 saturated heterocycles. The van der Waals surface area contributed by atoms with E-state index in [1.165, 1.54) is 9.80 Å². The van der Waals surface area contributed by atoms with Crippen molar-refractivity contribution in [1.29, 1.82) is 0 Å². The lowest BCUT2D eigenvalue weighted by molar-refractivity contribution is -0.142. The number of carbonyl (C=O) groups excluding carboxylic acids is 2. The topological polar surface area (TPSA) is 104 Å². The van der Waals surface area contributed by atoms with E-state index in [-0.39, 0.29) is 11.9 Å². The summed E-state index contributed by atoms with van der Waals surface area (Å²) in [6.07, 6.45) is 2.90. The number of urea groups is 1. The summed E-state index contributed by atoms with van der Waals surface area (Å²) >= 11 is 0. The monoisotopic (exact) mass is 283 g/mol. The third kappa shape index (κ3) is 2.57. The van der Waals surface area contributed by atoms with E-state index < -0.39 is 24.0 Å². The molecule has 7 heteroatoms. The van der Waals surface area contributed by atoms with Crippen molar-refractivity contribution in [3.8, 4) is 0 Å². The molecule has 0 aliphatic carbocycles. The Morgan fingerprint density at radius 3 is 2.40 bits per heavy atom. The quantitative estimate of drug-likeness (QED) is 0.757. The van der Waals surface area contributed by atoms with E-state index in [1.807, 2.05) is 6.92 Å². The highest BCUT2D eigenvalue weighted by atomic mass is 16.4. The molecule has 3 atom stereocenters. The Kier molecular flexibility index (Phi) is 4.15. The number of likely N-dealkylation sites (tertiary alicyclic amines) is 2. The van der Waals surface area contributed by atoms with Gasteiger partial charge in [0.25, 0.3) is 0 Å². The normalized spacial score (nSPS) is 30.4. The van der Waals surface area contributed by atoms with Crippen molar-refractivity contribution in [1.82, 2.24) is 9.80 Å². The van der Waals surface area contributed by atoms with Crippen molar-refractivity contribution in [3.63, 3.8) is 0 Å². The fraction of sp³-hybridized carbons (Fsp3) is 0.769. The summed E-state index contributed by atoms with van der Waals surface area (Å²) in [5, 5.41) is 9.27. The summed E-state index contributed by atoms with van der Waals surface area (Å²) in [5.41, 5.74) is 5.35. The minimum Gasteiger partial charge on any atom is -0.480 e. The van der Waals surface area contributed by atoms with E-state index in [2.05, 4.69) is 0 Å². The Labute approximate surface area is 117 Å². The van der Waals surface area contributed by atoms with Crippen LogP contribution in [0.4, 0.5) is 4.79 Å². The van der Waals surface area contributed by atoms with E-state index in [0.717, 1.165) is 12.8 Å². The molecule has 20 heavy (non-hydrogen) atoms. The van der Waals surface area contributed by atoms with Gasteiger partial charge in [-0.05, 0) is 31.6 Å². The van der Waals surface area contributed by atoms with Crippen LogP contribution in [0.2, 0.25) is 0 Å². The van der Waals surface area contributed by atoms with Crippen molar-refractivity contribution < 1.29 is 19.5 Å². The maximum Gasteiger partial charge on any atom is 0.326 e. The van der Waals surface area contributed by atoms with E-state index in [4.69, 9.17) is 5.73 Å². The molecule has 0 aromatic heterocycles. The van der Waals surface area contributed by atoms with E-state index in [1.54, 1.807) is 0 Å². The zero-order valence-electron chi connectivity index (χ0n) is 11.6. The second-order valence-corrected chi connectivity index (χ2v) is 5.63. The van der Waals surface area contributed by atoms with E-state index in [0.29, 0.717) is 25.9 Å². The standard InChI is InChI=1S/C13H21N3O4/c1-8-5-7-16(10(8)12(18)19)13(20)15-6-3-2-4-9(15)11(14)17/h8-10H,2-7H2,1H3,(H2,14,17)(H,18,19). The maximum atomic E-state index is 12.6. The molecule has 2 aliphatic heterocycles. The minimum atomic E-state index is -0.990. The molecule has 0 saturated carbocycles. The van der Waals surface area contributed by atoms with Crippen LogP contribution >= 0.6 is 0 Å². The first-order valence-electron chi connectivity index (χ1n) is 7.03. The van der Waals surface area contributed by atoms with Crippen LogP contribution in [0.1, 0.15) is 32.6 Å². The van der Waals surface area contributed by atoms with Crippen LogP contribution in [0.5, 0.6) is 0 Å². The lowest BCUT2D eigenvalue weighted by Crippen LogP contribution is -2.57. The molecule has 0 spiro atoms. The summed E-state index contributed by atoms with van der Waals surface area (Å²) < 4.78 is 0. The Bertz CT molecular complexity index is 420. The van der Waals surface area contributed by atoms with Crippen LogP contribution in [0.3, 0.4) is 0 Å². The van der Waals surface area contributed by atoms with Gasteiger partial charge in [-0.25, -0.2) is 9.59 Å². The number of hydrogen-bond donors (Lipinski definition) is 2. The molecule has 7 nitrogen and oxygen atoms in total. The average Bonchev–Trinajstić information content (AvgIpc) is 2.79. The number of nitrogens with two attached hydrogens (primary N) is 1. The number of carboxylic acid groups (broad SMARTS) is 1. The second-order valence-electron chi connectivity index (χ2n) is 5.63. The molecule has 0 radical (unpaired) electrons. The van der Waals surface area contributed by atoms with Gasteiger partial charge in [0, 0.05) is 13.1 Å². The van der Waals surface area contributed by atoms with Gasteiger partial charge >= 0.3 is 12.0 Å². The summed E-state index contributed by atoms with van der Waals surface area (Å²) in [5.74, 6) is -1.58. The number of hydrogen-bond acceptors (Lipinski definition) is 3. The van der Waals surface area contributed by atoms with Crippen LogP contribution in [0.15, 0.2) is 0 Å². The molecule has 3 N–H and O–H groups in total. The van der Waals surface area contributed by atoms with Gasteiger partial charge in [-0.15, -0.1) is 0 Å². The zero-order chi connectivity index (χ0) is 14.9. The zero-order valence-corrected chi connectivity index (χ0v) is 11.6. The lowest BCUT2D eigenvalue weighted by Gasteiger charge is -2.37. The Morgan fingerprint density at radius 2 is 1.80 bits per heavy atom. The van der Waals surface area contributed by atoms with Crippen molar-refractivity contribution in [2.75, 3.05) is 13.1 Å². The van der Waals surface area contributed by atoms with Gasteiger partial charge in [0.05, 0.1) is 0 Å². The third-order valence-electron chi connectivity index (χ3n) is 4.28.